The van der Waals surface area contributed by atoms with Crippen LogP contribution in [-0.4, -0.2) is 0 Å². The molecule has 0 amide bonds. The predicted octanol–water partition coefficient (Wildman–Crippen LogP) is 6.73. The fourth-order valence-corrected chi connectivity index (χ4v) is 5.50. The lowest BCUT2D eigenvalue weighted by Gasteiger charge is -2.36. The molecule has 3 fully saturated rings. The summed E-state index contributed by atoms with van der Waals surface area (Å²) in [5.41, 5.74) is 0. The van der Waals surface area contributed by atoms with Gasteiger partial charge in [-0.25, -0.2) is 0 Å². The number of hydrogen-bond acceptors (Lipinski definition) is 0. The average Bonchev–Trinajstić information content (AvgIpc) is 2.55. The zero-order chi connectivity index (χ0) is 13.6. The molecule has 0 nitrogen and oxygen atoms in total. The van der Waals surface area contributed by atoms with E-state index < -0.39 is 0 Å². The van der Waals surface area contributed by atoms with Crippen molar-refractivity contribution in [2.45, 2.75) is 103 Å². The summed E-state index contributed by atoms with van der Waals surface area (Å²) < 4.78 is 0. The second-order valence-electron chi connectivity index (χ2n) is 8.26. The highest BCUT2D eigenvalue weighted by Crippen LogP contribution is 2.41. The van der Waals surface area contributed by atoms with E-state index in [1.165, 1.54) is 38.5 Å². The van der Waals surface area contributed by atoms with E-state index in [9.17, 15) is 0 Å². The Hall–Kier alpha value is 0. The molecule has 0 heteroatoms. The Bertz CT molecular complexity index is 249. The molecule has 20 heavy (non-hydrogen) atoms. The van der Waals surface area contributed by atoms with Crippen molar-refractivity contribution in [3.63, 3.8) is 0 Å². The molecule has 0 heterocycles. The van der Waals surface area contributed by atoms with Gasteiger partial charge in [0.1, 0.15) is 0 Å². The molecule has 0 aromatic heterocycles. The van der Waals surface area contributed by atoms with Gasteiger partial charge in [-0.05, 0) is 36.5 Å². The summed E-state index contributed by atoms with van der Waals surface area (Å²) in [6.07, 6.45) is 24.9. The van der Waals surface area contributed by atoms with Crippen LogP contribution in [0.1, 0.15) is 103 Å². The third-order valence-corrected chi connectivity index (χ3v) is 6.92. The summed E-state index contributed by atoms with van der Waals surface area (Å²) in [5.74, 6) is 4.47. The summed E-state index contributed by atoms with van der Waals surface area (Å²) in [6.45, 7) is 0. The second kappa shape index (κ2) is 7.85. The molecule has 0 atom stereocenters. The van der Waals surface area contributed by atoms with Gasteiger partial charge in [-0.2, -0.15) is 0 Å². The van der Waals surface area contributed by atoms with E-state index in [4.69, 9.17) is 0 Å². The van der Waals surface area contributed by atoms with E-state index >= 15 is 0 Å². The van der Waals surface area contributed by atoms with Crippen LogP contribution in [0.3, 0.4) is 0 Å². The Morgan fingerprint density at radius 3 is 1.45 bits per heavy atom. The van der Waals surface area contributed by atoms with Crippen molar-refractivity contribution in [2.75, 3.05) is 0 Å². The fourth-order valence-electron chi connectivity index (χ4n) is 5.50. The second-order valence-corrected chi connectivity index (χ2v) is 8.26. The molecule has 0 spiro atoms. The highest BCUT2D eigenvalue weighted by molar-refractivity contribution is 4.80. The lowest BCUT2D eigenvalue weighted by molar-refractivity contribution is 0.157. The standard InChI is InChI=1S/C20H36/c1-3-7-17(8-4-1)11-12-18-13-15-20(16-14-18)19-9-5-2-6-10-19/h17-20H,1-16H2. The Labute approximate surface area is 127 Å². The zero-order valence-electron chi connectivity index (χ0n) is 13.6. The quantitative estimate of drug-likeness (QED) is 0.533. The van der Waals surface area contributed by atoms with E-state index in [0.717, 1.165) is 23.7 Å². The van der Waals surface area contributed by atoms with Gasteiger partial charge < -0.3 is 0 Å². The molecule has 0 unspecified atom stereocenters. The first-order valence-corrected chi connectivity index (χ1v) is 9.92. The van der Waals surface area contributed by atoms with Crippen molar-refractivity contribution in [2.24, 2.45) is 23.7 Å². The van der Waals surface area contributed by atoms with Crippen LogP contribution in [0.15, 0.2) is 0 Å². The number of hydrogen-bond donors (Lipinski definition) is 0. The summed E-state index contributed by atoms with van der Waals surface area (Å²) in [5, 5.41) is 0. The van der Waals surface area contributed by atoms with Crippen molar-refractivity contribution in [3.8, 4) is 0 Å². The fraction of sp³-hybridized carbons (Fsp3) is 1.00. The Morgan fingerprint density at radius 1 is 0.400 bits per heavy atom. The molecule has 0 aromatic rings. The maximum Gasteiger partial charge on any atom is -0.0386 e. The Kier molecular flexibility index (Phi) is 5.86. The Balaban J connectivity index is 1.33. The molecule has 116 valence electrons. The molecule has 0 radical (unpaired) electrons. The van der Waals surface area contributed by atoms with Gasteiger partial charge in [-0.1, -0.05) is 89.9 Å². The topological polar surface area (TPSA) is 0 Å². The SMILES string of the molecule is C1CCC(CCC2CCC(C3CCCCC3)CC2)CC1. The van der Waals surface area contributed by atoms with E-state index in [2.05, 4.69) is 0 Å². The normalized spacial score (nSPS) is 34.2. The van der Waals surface area contributed by atoms with Crippen LogP contribution in [0.5, 0.6) is 0 Å². The van der Waals surface area contributed by atoms with Crippen LogP contribution in [-0.2, 0) is 0 Å². The third-order valence-electron chi connectivity index (χ3n) is 6.92. The van der Waals surface area contributed by atoms with Crippen molar-refractivity contribution in [1.29, 1.82) is 0 Å². The first-order chi connectivity index (χ1) is 9.92. The smallest absolute Gasteiger partial charge is 0.0386 e. The van der Waals surface area contributed by atoms with E-state index in [-0.39, 0.29) is 0 Å². The van der Waals surface area contributed by atoms with Gasteiger partial charge in [0.05, 0.1) is 0 Å². The predicted molar refractivity (Wildman–Crippen MR) is 87.8 cm³/mol. The molecule has 0 N–H and O–H groups in total. The maximum atomic E-state index is 1.58. The molecule has 0 aromatic carbocycles. The largest absolute Gasteiger partial charge is 0.0533 e. The molecular weight excluding hydrogens is 240 g/mol. The van der Waals surface area contributed by atoms with Crippen LogP contribution >= 0.6 is 0 Å². The lowest BCUT2D eigenvalue weighted by Crippen LogP contribution is -2.24. The van der Waals surface area contributed by atoms with Gasteiger partial charge in [0.25, 0.3) is 0 Å². The first kappa shape index (κ1) is 14.9. The zero-order valence-corrected chi connectivity index (χ0v) is 13.6. The van der Waals surface area contributed by atoms with Crippen LogP contribution < -0.4 is 0 Å². The van der Waals surface area contributed by atoms with Crippen LogP contribution in [0.2, 0.25) is 0 Å². The van der Waals surface area contributed by atoms with Gasteiger partial charge in [-0.15, -0.1) is 0 Å². The molecule has 3 saturated carbocycles. The van der Waals surface area contributed by atoms with E-state index in [1.807, 2.05) is 0 Å². The summed E-state index contributed by atoms with van der Waals surface area (Å²) in [4.78, 5) is 0. The Morgan fingerprint density at radius 2 is 0.850 bits per heavy atom. The summed E-state index contributed by atoms with van der Waals surface area (Å²) >= 11 is 0. The van der Waals surface area contributed by atoms with Crippen LogP contribution in [0, 0.1) is 23.7 Å². The van der Waals surface area contributed by atoms with Crippen molar-refractivity contribution in [3.05, 3.63) is 0 Å². The minimum Gasteiger partial charge on any atom is -0.0533 e. The van der Waals surface area contributed by atoms with Crippen molar-refractivity contribution in [1.82, 2.24) is 0 Å². The van der Waals surface area contributed by atoms with Gasteiger partial charge >= 0.3 is 0 Å². The third kappa shape index (κ3) is 4.25. The van der Waals surface area contributed by atoms with Crippen molar-refractivity contribution < 1.29 is 0 Å². The minimum absolute atomic E-state index is 1.11. The van der Waals surface area contributed by atoms with Crippen LogP contribution in [0.25, 0.3) is 0 Å². The first-order valence-electron chi connectivity index (χ1n) is 9.92. The highest BCUT2D eigenvalue weighted by atomic mass is 14.3. The van der Waals surface area contributed by atoms with Crippen LogP contribution in [0.4, 0.5) is 0 Å². The van der Waals surface area contributed by atoms with Gasteiger partial charge in [-0.3, -0.25) is 0 Å². The molecule has 3 rings (SSSR count). The van der Waals surface area contributed by atoms with Gasteiger partial charge in [0.2, 0.25) is 0 Å². The van der Waals surface area contributed by atoms with Gasteiger partial charge in [0.15, 0.2) is 0 Å². The van der Waals surface area contributed by atoms with Crippen molar-refractivity contribution >= 4 is 0 Å². The van der Waals surface area contributed by atoms with E-state index in [1.54, 1.807) is 64.2 Å². The summed E-state index contributed by atoms with van der Waals surface area (Å²) in [6, 6.07) is 0. The highest BCUT2D eigenvalue weighted by Gasteiger charge is 2.28. The molecule has 0 bridgehead atoms. The lowest BCUT2D eigenvalue weighted by atomic mass is 9.70. The van der Waals surface area contributed by atoms with Gasteiger partial charge in [0, 0.05) is 0 Å². The molecular formula is C20H36. The molecule has 3 aliphatic carbocycles. The molecule has 0 saturated heterocycles. The molecule has 0 aliphatic heterocycles. The minimum atomic E-state index is 1.11. The average molecular weight is 277 g/mol. The maximum absolute atomic E-state index is 1.58. The van der Waals surface area contributed by atoms with E-state index in [0.29, 0.717) is 0 Å². The summed E-state index contributed by atoms with van der Waals surface area (Å²) in [7, 11) is 0. The number of rotatable bonds is 4. The monoisotopic (exact) mass is 276 g/mol. The molecule has 3 aliphatic rings.